The van der Waals surface area contributed by atoms with Crippen LogP contribution in [-0.4, -0.2) is 24.6 Å². The number of nitrogens with zero attached hydrogens (tertiary/aromatic N) is 1. The molecule has 0 spiro atoms. The summed E-state index contributed by atoms with van der Waals surface area (Å²) in [6.45, 7) is 0.241. The molecule has 5 nitrogen and oxygen atoms in total. The van der Waals surface area contributed by atoms with Crippen molar-refractivity contribution in [2.24, 2.45) is 5.92 Å². The predicted molar refractivity (Wildman–Crippen MR) is 91.5 cm³/mol. The van der Waals surface area contributed by atoms with E-state index >= 15 is 0 Å². The van der Waals surface area contributed by atoms with Gasteiger partial charge >= 0.3 is 0 Å². The lowest BCUT2D eigenvalue weighted by Gasteiger charge is -2.12. The minimum absolute atomic E-state index is 0.0166. The molecule has 0 unspecified atom stereocenters. The SMILES string of the molecule is COc1cc(F)c(CNC(=O)c2c(Cl)ccnc2OCC2CC2)cc1F. The van der Waals surface area contributed by atoms with Gasteiger partial charge in [0.1, 0.15) is 11.4 Å². The lowest BCUT2D eigenvalue weighted by Crippen LogP contribution is -2.25. The van der Waals surface area contributed by atoms with Crippen molar-refractivity contribution >= 4 is 17.5 Å². The number of carbonyl (C=O) groups excluding carboxylic acids is 1. The van der Waals surface area contributed by atoms with E-state index < -0.39 is 17.5 Å². The van der Waals surface area contributed by atoms with E-state index in [1.807, 2.05) is 0 Å². The highest BCUT2D eigenvalue weighted by molar-refractivity contribution is 6.34. The Hall–Kier alpha value is -2.41. The van der Waals surface area contributed by atoms with E-state index in [1.54, 1.807) is 0 Å². The lowest BCUT2D eigenvalue weighted by atomic mass is 10.1. The number of hydrogen-bond acceptors (Lipinski definition) is 4. The number of hydrogen-bond donors (Lipinski definition) is 1. The number of benzene rings is 1. The van der Waals surface area contributed by atoms with Crippen LogP contribution in [0, 0.1) is 17.6 Å². The van der Waals surface area contributed by atoms with Gasteiger partial charge in [-0.05, 0) is 30.9 Å². The van der Waals surface area contributed by atoms with Crippen molar-refractivity contribution in [3.05, 3.63) is 52.2 Å². The Morgan fingerprint density at radius 1 is 1.35 bits per heavy atom. The third kappa shape index (κ3) is 4.22. The van der Waals surface area contributed by atoms with Gasteiger partial charge in [0.15, 0.2) is 11.6 Å². The van der Waals surface area contributed by atoms with Gasteiger partial charge in [-0.25, -0.2) is 13.8 Å². The number of rotatable bonds is 7. The highest BCUT2D eigenvalue weighted by Crippen LogP contribution is 2.31. The van der Waals surface area contributed by atoms with Crippen LogP contribution in [0.2, 0.25) is 5.02 Å². The van der Waals surface area contributed by atoms with Gasteiger partial charge in [-0.1, -0.05) is 11.6 Å². The Morgan fingerprint density at radius 3 is 2.81 bits per heavy atom. The van der Waals surface area contributed by atoms with Crippen molar-refractivity contribution in [1.29, 1.82) is 0 Å². The quantitative estimate of drug-likeness (QED) is 0.792. The van der Waals surface area contributed by atoms with Gasteiger partial charge in [0.05, 0.1) is 18.7 Å². The molecule has 1 fully saturated rings. The maximum absolute atomic E-state index is 14.0. The van der Waals surface area contributed by atoms with E-state index in [0.717, 1.165) is 25.0 Å². The summed E-state index contributed by atoms with van der Waals surface area (Å²) >= 11 is 6.10. The summed E-state index contributed by atoms with van der Waals surface area (Å²) in [5.74, 6) is -1.59. The normalized spacial score (nSPS) is 13.4. The minimum Gasteiger partial charge on any atom is -0.494 e. The smallest absolute Gasteiger partial charge is 0.258 e. The Morgan fingerprint density at radius 2 is 2.12 bits per heavy atom. The Kier molecular flexibility index (Phi) is 5.56. The van der Waals surface area contributed by atoms with Gasteiger partial charge in [-0.2, -0.15) is 0 Å². The summed E-state index contributed by atoms with van der Waals surface area (Å²) in [7, 11) is 1.24. The number of aromatic nitrogens is 1. The zero-order valence-electron chi connectivity index (χ0n) is 14.0. The summed E-state index contributed by atoms with van der Waals surface area (Å²) in [6, 6.07) is 3.37. The fourth-order valence-electron chi connectivity index (χ4n) is 2.34. The van der Waals surface area contributed by atoms with E-state index in [2.05, 4.69) is 10.3 Å². The number of nitrogens with one attached hydrogen (secondary N) is 1. The minimum atomic E-state index is -0.717. The predicted octanol–water partition coefficient (Wildman–Crippen LogP) is 3.74. The molecule has 1 aromatic carbocycles. The van der Waals surface area contributed by atoms with Crippen LogP contribution in [-0.2, 0) is 6.54 Å². The summed E-state index contributed by atoms with van der Waals surface area (Å²) in [6.07, 6.45) is 3.62. The number of pyridine rings is 1. The average Bonchev–Trinajstić information content (AvgIpc) is 3.44. The molecule has 138 valence electrons. The fourth-order valence-corrected chi connectivity index (χ4v) is 2.57. The Bertz CT molecular complexity index is 828. The fraction of sp³-hybridized carbons (Fsp3) is 0.333. The van der Waals surface area contributed by atoms with E-state index in [0.29, 0.717) is 12.5 Å². The molecule has 1 amide bonds. The lowest BCUT2D eigenvalue weighted by molar-refractivity contribution is 0.0945. The second kappa shape index (κ2) is 7.86. The van der Waals surface area contributed by atoms with E-state index in [-0.39, 0.29) is 34.3 Å². The second-order valence-electron chi connectivity index (χ2n) is 5.99. The summed E-state index contributed by atoms with van der Waals surface area (Å²) in [4.78, 5) is 16.5. The summed E-state index contributed by atoms with van der Waals surface area (Å²) < 4.78 is 38.0. The monoisotopic (exact) mass is 382 g/mol. The van der Waals surface area contributed by atoms with Gasteiger partial charge in [0, 0.05) is 24.4 Å². The molecule has 0 bridgehead atoms. The molecule has 2 aromatic rings. The number of methoxy groups -OCH3 is 1. The summed E-state index contributed by atoms with van der Waals surface area (Å²) in [5.41, 5.74) is 0.0568. The first-order valence-electron chi connectivity index (χ1n) is 8.07. The molecule has 26 heavy (non-hydrogen) atoms. The topological polar surface area (TPSA) is 60.5 Å². The third-order valence-corrected chi connectivity index (χ3v) is 4.32. The zero-order valence-corrected chi connectivity index (χ0v) is 14.8. The number of amides is 1. The molecule has 1 aliphatic carbocycles. The molecule has 1 N–H and O–H groups in total. The van der Waals surface area contributed by atoms with Crippen LogP contribution in [0.5, 0.6) is 11.6 Å². The maximum atomic E-state index is 14.0. The third-order valence-electron chi connectivity index (χ3n) is 4.01. The van der Waals surface area contributed by atoms with Gasteiger partial charge in [0.25, 0.3) is 5.91 Å². The van der Waals surface area contributed by atoms with Crippen LogP contribution in [0.3, 0.4) is 0 Å². The molecule has 0 atom stereocenters. The molecule has 1 saturated carbocycles. The highest BCUT2D eigenvalue weighted by atomic mass is 35.5. The molecule has 1 aliphatic rings. The first kappa shape index (κ1) is 18.4. The molecule has 3 rings (SSSR count). The first-order chi connectivity index (χ1) is 12.5. The number of halogens is 3. The molecule has 8 heteroatoms. The molecule has 0 aliphatic heterocycles. The first-order valence-corrected chi connectivity index (χ1v) is 8.44. The van der Waals surface area contributed by atoms with Crippen LogP contribution in [0.1, 0.15) is 28.8 Å². The summed E-state index contributed by atoms with van der Waals surface area (Å²) in [5, 5.41) is 2.69. The van der Waals surface area contributed by atoms with Gasteiger partial charge < -0.3 is 14.8 Å². The number of carbonyl (C=O) groups is 1. The molecule has 1 heterocycles. The van der Waals surface area contributed by atoms with Gasteiger partial charge in [0.2, 0.25) is 5.88 Å². The number of ether oxygens (including phenoxy) is 2. The van der Waals surface area contributed by atoms with Crippen LogP contribution in [0.15, 0.2) is 24.4 Å². The molecular formula is C18H17ClF2N2O3. The van der Waals surface area contributed by atoms with Crippen molar-refractivity contribution in [2.75, 3.05) is 13.7 Å². The van der Waals surface area contributed by atoms with E-state index in [1.165, 1.54) is 19.4 Å². The Balaban J connectivity index is 1.73. The van der Waals surface area contributed by atoms with Crippen molar-refractivity contribution in [3.63, 3.8) is 0 Å². The van der Waals surface area contributed by atoms with Crippen molar-refractivity contribution in [3.8, 4) is 11.6 Å². The molecule has 0 saturated heterocycles. The van der Waals surface area contributed by atoms with Crippen molar-refractivity contribution in [1.82, 2.24) is 10.3 Å². The standard InChI is InChI=1S/C18H17ClF2N2O3/c1-25-15-7-13(20)11(6-14(15)21)8-23-17(24)16-12(19)4-5-22-18(16)26-9-10-2-3-10/h4-7,10H,2-3,8-9H2,1H3,(H,23,24). The second-order valence-corrected chi connectivity index (χ2v) is 6.40. The Labute approximate surface area is 154 Å². The highest BCUT2D eigenvalue weighted by Gasteiger charge is 2.25. The average molecular weight is 383 g/mol. The van der Waals surface area contributed by atoms with Gasteiger partial charge in [-0.15, -0.1) is 0 Å². The maximum Gasteiger partial charge on any atom is 0.258 e. The largest absolute Gasteiger partial charge is 0.494 e. The van der Waals surface area contributed by atoms with Crippen LogP contribution in [0.25, 0.3) is 0 Å². The van der Waals surface area contributed by atoms with E-state index in [4.69, 9.17) is 21.1 Å². The zero-order chi connectivity index (χ0) is 18.7. The van der Waals surface area contributed by atoms with Gasteiger partial charge in [-0.3, -0.25) is 4.79 Å². The molecular weight excluding hydrogens is 366 g/mol. The molecule has 1 aromatic heterocycles. The van der Waals surface area contributed by atoms with Crippen LogP contribution in [0.4, 0.5) is 8.78 Å². The van der Waals surface area contributed by atoms with Crippen molar-refractivity contribution in [2.45, 2.75) is 19.4 Å². The van der Waals surface area contributed by atoms with Crippen molar-refractivity contribution < 1.29 is 23.0 Å². The van der Waals surface area contributed by atoms with Crippen LogP contribution < -0.4 is 14.8 Å². The van der Waals surface area contributed by atoms with E-state index in [9.17, 15) is 13.6 Å². The molecule has 0 radical (unpaired) electrons. The van der Waals surface area contributed by atoms with Crippen LogP contribution >= 0.6 is 11.6 Å².